The molecule has 0 spiro atoms. The van der Waals surface area contributed by atoms with Gasteiger partial charge in [0.15, 0.2) is 0 Å². The average molecular weight is 349 g/mol. The van der Waals surface area contributed by atoms with Gasteiger partial charge in [0.2, 0.25) is 10.0 Å². The van der Waals surface area contributed by atoms with Gasteiger partial charge in [-0.25, -0.2) is 13.1 Å². The normalized spacial score (nSPS) is 19.6. The van der Waals surface area contributed by atoms with E-state index in [9.17, 15) is 8.42 Å². The lowest BCUT2D eigenvalue weighted by Gasteiger charge is -2.12. The topological polar surface area (TPSA) is 67.4 Å². The van der Waals surface area contributed by atoms with E-state index in [0.717, 1.165) is 19.5 Å². The minimum atomic E-state index is -3.46. The quantitative estimate of drug-likeness (QED) is 0.842. The third-order valence-electron chi connectivity index (χ3n) is 3.16. The predicted octanol–water partition coefficient (Wildman–Crippen LogP) is 1.35. The van der Waals surface area contributed by atoms with Crippen molar-refractivity contribution in [3.8, 4) is 5.75 Å². The highest BCUT2D eigenvalue weighted by Crippen LogP contribution is 2.27. The van der Waals surface area contributed by atoms with E-state index in [-0.39, 0.29) is 4.90 Å². The Labute approximate surface area is 121 Å². The number of ether oxygens (including phenoxy) is 1. The number of hydrogen-bond donors (Lipinski definition) is 2. The van der Waals surface area contributed by atoms with Crippen LogP contribution in [0.2, 0.25) is 0 Å². The second kappa shape index (κ2) is 6.21. The molecule has 0 bridgehead atoms. The van der Waals surface area contributed by atoms with Gasteiger partial charge in [0.1, 0.15) is 5.75 Å². The lowest BCUT2D eigenvalue weighted by Crippen LogP contribution is -2.30. The van der Waals surface area contributed by atoms with Gasteiger partial charge < -0.3 is 10.1 Å². The fourth-order valence-corrected chi connectivity index (χ4v) is 3.85. The molecule has 5 nitrogen and oxygen atoms in total. The molecule has 1 aliphatic rings. The van der Waals surface area contributed by atoms with Gasteiger partial charge in [-0.2, -0.15) is 0 Å². The molecule has 1 atom stereocenters. The van der Waals surface area contributed by atoms with Crippen molar-refractivity contribution >= 4 is 26.0 Å². The number of benzene rings is 1. The van der Waals surface area contributed by atoms with Crippen LogP contribution < -0.4 is 14.8 Å². The van der Waals surface area contributed by atoms with Crippen molar-refractivity contribution in [3.05, 3.63) is 22.7 Å². The summed E-state index contributed by atoms with van der Waals surface area (Å²) < 4.78 is 32.7. The Hall–Kier alpha value is -0.630. The van der Waals surface area contributed by atoms with Crippen LogP contribution in [-0.2, 0) is 10.0 Å². The second-order valence-electron chi connectivity index (χ2n) is 4.51. The molecule has 1 unspecified atom stereocenters. The summed E-state index contributed by atoms with van der Waals surface area (Å²) in [5, 5.41) is 3.21. The standard InChI is InChI=1S/C12H17BrN2O3S/c1-18-12-3-2-10(6-11(12)13)19(16,17)15-8-9-4-5-14-7-9/h2-3,6,9,14-15H,4-5,7-8H2,1H3. The molecule has 19 heavy (non-hydrogen) atoms. The van der Waals surface area contributed by atoms with Gasteiger partial charge in [0.25, 0.3) is 0 Å². The van der Waals surface area contributed by atoms with Gasteiger partial charge in [-0.15, -0.1) is 0 Å². The van der Waals surface area contributed by atoms with Crippen LogP contribution in [0.3, 0.4) is 0 Å². The number of sulfonamides is 1. The zero-order chi connectivity index (χ0) is 13.9. The molecule has 0 radical (unpaired) electrons. The van der Waals surface area contributed by atoms with E-state index in [1.807, 2.05) is 0 Å². The van der Waals surface area contributed by atoms with E-state index in [1.165, 1.54) is 0 Å². The smallest absolute Gasteiger partial charge is 0.240 e. The largest absolute Gasteiger partial charge is 0.496 e. The molecule has 7 heteroatoms. The van der Waals surface area contributed by atoms with Gasteiger partial charge in [-0.05, 0) is 59.6 Å². The zero-order valence-electron chi connectivity index (χ0n) is 10.6. The van der Waals surface area contributed by atoms with E-state index in [4.69, 9.17) is 4.74 Å². The fourth-order valence-electron chi connectivity index (χ4n) is 2.01. The Kier molecular flexibility index (Phi) is 4.83. The highest BCUT2D eigenvalue weighted by atomic mass is 79.9. The molecule has 2 rings (SSSR count). The monoisotopic (exact) mass is 348 g/mol. The number of halogens is 1. The van der Waals surface area contributed by atoms with E-state index < -0.39 is 10.0 Å². The van der Waals surface area contributed by atoms with Crippen molar-refractivity contribution in [2.45, 2.75) is 11.3 Å². The van der Waals surface area contributed by atoms with Gasteiger partial charge >= 0.3 is 0 Å². The van der Waals surface area contributed by atoms with Crippen LogP contribution in [0.15, 0.2) is 27.6 Å². The number of nitrogens with one attached hydrogen (secondary N) is 2. The lowest BCUT2D eigenvalue weighted by atomic mass is 10.1. The summed E-state index contributed by atoms with van der Waals surface area (Å²) in [6.45, 7) is 2.30. The van der Waals surface area contributed by atoms with Crippen LogP contribution in [-0.4, -0.2) is 35.2 Å². The van der Waals surface area contributed by atoms with E-state index in [2.05, 4.69) is 26.0 Å². The molecule has 0 saturated carbocycles. The predicted molar refractivity (Wildman–Crippen MR) is 76.9 cm³/mol. The van der Waals surface area contributed by atoms with E-state index >= 15 is 0 Å². The maximum atomic E-state index is 12.1. The van der Waals surface area contributed by atoms with Crippen LogP contribution in [0, 0.1) is 5.92 Å². The van der Waals surface area contributed by atoms with Gasteiger partial charge in [0, 0.05) is 6.54 Å². The summed E-state index contributed by atoms with van der Waals surface area (Å²) in [6.07, 6.45) is 1.01. The Morgan fingerprint density at radius 3 is 2.89 bits per heavy atom. The highest BCUT2D eigenvalue weighted by Gasteiger charge is 2.20. The Morgan fingerprint density at radius 1 is 1.53 bits per heavy atom. The first kappa shape index (κ1) is 14.8. The van der Waals surface area contributed by atoms with Crippen LogP contribution in [0.5, 0.6) is 5.75 Å². The first-order valence-corrected chi connectivity index (χ1v) is 8.34. The second-order valence-corrected chi connectivity index (χ2v) is 7.13. The lowest BCUT2D eigenvalue weighted by molar-refractivity contribution is 0.411. The van der Waals surface area contributed by atoms with Crippen molar-refractivity contribution in [3.63, 3.8) is 0 Å². The van der Waals surface area contributed by atoms with Crippen LogP contribution >= 0.6 is 15.9 Å². The molecule has 1 saturated heterocycles. The third kappa shape index (κ3) is 3.68. The minimum Gasteiger partial charge on any atom is -0.496 e. The first-order valence-electron chi connectivity index (χ1n) is 6.07. The average Bonchev–Trinajstić information content (AvgIpc) is 2.89. The van der Waals surface area contributed by atoms with Crippen molar-refractivity contribution < 1.29 is 13.2 Å². The molecular formula is C12H17BrN2O3S. The summed E-state index contributed by atoms with van der Waals surface area (Å²) in [6, 6.07) is 4.72. The molecule has 2 N–H and O–H groups in total. The summed E-state index contributed by atoms with van der Waals surface area (Å²) in [5.41, 5.74) is 0. The molecule has 1 fully saturated rings. The Morgan fingerprint density at radius 2 is 2.32 bits per heavy atom. The van der Waals surface area contributed by atoms with E-state index in [1.54, 1.807) is 25.3 Å². The number of methoxy groups -OCH3 is 1. The molecule has 0 amide bonds. The molecule has 1 aromatic carbocycles. The number of hydrogen-bond acceptors (Lipinski definition) is 4. The summed E-state index contributed by atoms with van der Waals surface area (Å²) in [5.74, 6) is 0.982. The molecule has 1 heterocycles. The van der Waals surface area contributed by atoms with Gasteiger partial charge in [0.05, 0.1) is 16.5 Å². The summed E-state index contributed by atoms with van der Waals surface area (Å²) >= 11 is 3.29. The van der Waals surface area contributed by atoms with Crippen molar-refractivity contribution in [2.75, 3.05) is 26.7 Å². The van der Waals surface area contributed by atoms with Crippen molar-refractivity contribution in [1.29, 1.82) is 0 Å². The SMILES string of the molecule is COc1ccc(S(=O)(=O)NCC2CCNC2)cc1Br. The molecule has 1 aromatic rings. The zero-order valence-corrected chi connectivity index (χ0v) is 13.1. The molecule has 0 aromatic heterocycles. The summed E-state index contributed by atoms with van der Waals surface area (Å²) in [7, 11) is -1.92. The van der Waals surface area contributed by atoms with E-state index in [0.29, 0.717) is 22.7 Å². The molecule has 1 aliphatic heterocycles. The molecule has 106 valence electrons. The highest BCUT2D eigenvalue weighted by molar-refractivity contribution is 9.10. The van der Waals surface area contributed by atoms with Crippen molar-refractivity contribution in [2.24, 2.45) is 5.92 Å². The van der Waals surface area contributed by atoms with Crippen LogP contribution in [0.25, 0.3) is 0 Å². The maximum Gasteiger partial charge on any atom is 0.240 e. The fraction of sp³-hybridized carbons (Fsp3) is 0.500. The minimum absolute atomic E-state index is 0.242. The third-order valence-corrected chi connectivity index (χ3v) is 5.20. The van der Waals surface area contributed by atoms with Crippen LogP contribution in [0.4, 0.5) is 0 Å². The molecule has 0 aliphatic carbocycles. The molecular weight excluding hydrogens is 332 g/mol. The van der Waals surface area contributed by atoms with Gasteiger partial charge in [-0.3, -0.25) is 0 Å². The first-order chi connectivity index (χ1) is 9.03. The maximum absolute atomic E-state index is 12.1. The van der Waals surface area contributed by atoms with Crippen molar-refractivity contribution in [1.82, 2.24) is 10.0 Å². The Balaban J connectivity index is 2.08. The number of rotatable bonds is 5. The Bertz CT molecular complexity index is 542. The summed E-state index contributed by atoms with van der Waals surface area (Å²) in [4.78, 5) is 0.242. The van der Waals surface area contributed by atoms with Crippen LogP contribution in [0.1, 0.15) is 6.42 Å². The van der Waals surface area contributed by atoms with Gasteiger partial charge in [-0.1, -0.05) is 0 Å².